The van der Waals surface area contributed by atoms with E-state index in [-0.39, 0.29) is 12.4 Å². The molecule has 0 atom stereocenters. The second-order valence-electron chi connectivity index (χ2n) is 3.13. The van der Waals surface area contributed by atoms with E-state index in [0.29, 0.717) is 18.0 Å². The average Bonchev–Trinajstić information content (AvgIpc) is 2.50. The Morgan fingerprint density at radius 1 is 1.53 bits per heavy atom. The number of aryl methyl sites for hydroxylation is 1. The summed E-state index contributed by atoms with van der Waals surface area (Å²) in [7, 11) is -3.31. The Hall–Kier alpha value is -0.660. The predicted molar refractivity (Wildman–Crippen MR) is 60.6 cm³/mol. The van der Waals surface area contributed by atoms with E-state index in [9.17, 15) is 8.42 Å². The van der Waals surface area contributed by atoms with Crippen molar-refractivity contribution in [2.75, 3.05) is 17.1 Å². The van der Waals surface area contributed by atoms with Crippen molar-refractivity contribution >= 4 is 26.5 Å². The lowest BCUT2D eigenvalue weighted by Gasteiger charge is -2.03. The highest BCUT2D eigenvalue weighted by Gasteiger charge is 2.11. The molecule has 86 valence electrons. The average molecular weight is 250 g/mol. The molecule has 0 aliphatic rings. The summed E-state index contributed by atoms with van der Waals surface area (Å²) in [4.78, 5) is 4.87. The first-order valence-electron chi connectivity index (χ1n) is 4.57. The molecule has 0 saturated carbocycles. The number of aliphatic hydroxyl groups is 1. The van der Waals surface area contributed by atoms with Crippen LogP contribution in [-0.2, 0) is 10.0 Å². The van der Waals surface area contributed by atoms with Crippen molar-refractivity contribution in [3.63, 3.8) is 0 Å². The van der Waals surface area contributed by atoms with Gasteiger partial charge in [0.25, 0.3) is 0 Å². The molecule has 0 amide bonds. The summed E-state index contributed by atoms with van der Waals surface area (Å²) in [5, 5.41) is 8.93. The number of rotatable bonds is 6. The summed E-state index contributed by atoms with van der Waals surface area (Å²) in [5.74, 6) is 0.0200. The number of hydrogen-bond donors (Lipinski definition) is 2. The summed E-state index contributed by atoms with van der Waals surface area (Å²) in [6.07, 6.45) is 2.57. The molecule has 1 aromatic heterocycles. The van der Waals surface area contributed by atoms with Gasteiger partial charge >= 0.3 is 0 Å². The minimum atomic E-state index is -3.31. The maximum absolute atomic E-state index is 11.5. The second kappa shape index (κ2) is 5.43. The van der Waals surface area contributed by atoms with Crippen LogP contribution < -0.4 is 4.72 Å². The number of aromatic nitrogens is 1. The summed E-state index contributed by atoms with van der Waals surface area (Å²) >= 11 is 1.30. The molecule has 0 bridgehead atoms. The molecule has 5 nitrogen and oxygen atoms in total. The van der Waals surface area contributed by atoms with Gasteiger partial charge in [0.1, 0.15) is 0 Å². The predicted octanol–water partition coefficient (Wildman–Crippen LogP) is 0.966. The minimum absolute atomic E-state index is 0.0197. The van der Waals surface area contributed by atoms with Gasteiger partial charge in [-0.15, -0.1) is 11.3 Å². The first-order valence-corrected chi connectivity index (χ1v) is 7.04. The molecule has 0 aliphatic carbocycles. The van der Waals surface area contributed by atoms with Crippen LogP contribution >= 0.6 is 11.3 Å². The molecular formula is C8H14N2O3S2. The largest absolute Gasteiger partial charge is 0.396 e. The Labute approximate surface area is 93.2 Å². The molecular weight excluding hydrogens is 236 g/mol. The number of aliphatic hydroxyl groups excluding tert-OH is 1. The third kappa shape index (κ3) is 4.59. The van der Waals surface area contributed by atoms with Crippen LogP contribution in [0.1, 0.15) is 17.7 Å². The Morgan fingerprint density at radius 2 is 2.27 bits per heavy atom. The van der Waals surface area contributed by atoms with E-state index < -0.39 is 10.0 Å². The Bertz CT molecular complexity index is 400. The fraction of sp³-hybridized carbons (Fsp3) is 0.625. The molecule has 0 aromatic carbocycles. The van der Waals surface area contributed by atoms with Gasteiger partial charge < -0.3 is 5.11 Å². The Morgan fingerprint density at radius 3 is 2.80 bits per heavy atom. The summed E-state index contributed by atoms with van der Waals surface area (Å²) in [5.41, 5.74) is 0. The highest BCUT2D eigenvalue weighted by Crippen LogP contribution is 2.18. The fourth-order valence-electron chi connectivity index (χ4n) is 0.990. The number of unbranched alkanes of at least 4 members (excludes halogenated alkanes) is 1. The Balaban J connectivity index is 2.49. The van der Waals surface area contributed by atoms with E-state index in [1.54, 1.807) is 6.20 Å². The summed E-state index contributed by atoms with van der Waals surface area (Å²) in [6.45, 7) is 1.88. The van der Waals surface area contributed by atoms with Gasteiger partial charge in [-0.1, -0.05) is 0 Å². The monoisotopic (exact) mass is 250 g/mol. The van der Waals surface area contributed by atoms with Crippen LogP contribution in [0.15, 0.2) is 6.20 Å². The topological polar surface area (TPSA) is 79.3 Å². The zero-order valence-electron chi connectivity index (χ0n) is 8.43. The van der Waals surface area contributed by atoms with Crippen molar-refractivity contribution in [2.45, 2.75) is 19.8 Å². The third-order valence-electron chi connectivity index (χ3n) is 1.69. The van der Waals surface area contributed by atoms with Crippen LogP contribution in [0.4, 0.5) is 5.13 Å². The van der Waals surface area contributed by atoms with Crippen molar-refractivity contribution in [2.24, 2.45) is 0 Å². The molecule has 1 heterocycles. The SMILES string of the molecule is Cc1cnc(NS(=O)(=O)CCCCO)s1. The molecule has 7 heteroatoms. The molecule has 2 N–H and O–H groups in total. The summed E-state index contributed by atoms with van der Waals surface area (Å²) < 4.78 is 25.3. The van der Waals surface area contributed by atoms with E-state index in [1.165, 1.54) is 11.3 Å². The van der Waals surface area contributed by atoms with E-state index in [1.807, 2.05) is 6.92 Å². The maximum atomic E-state index is 11.5. The van der Waals surface area contributed by atoms with Gasteiger partial charge in [0.15, 0.2) is 5.13 Å². The molecule has 1 aromatic rings. The molecule has 0 saturated heterocycles. The van der Waals surface area contributed by atoms with Crippen molar-refractivity contribution in [3.05, 3.63) is 11.1 Å². The molecule has 0 radical (unpaired) electrons. The van der Waals surface area contributed by atoms with Gasteiger partial charge in [-0.3, -0.25) is 4.72 Å². The van der Waals surface area contributed by atoms with E-state index >= 15 is 0 Å². The van der Waals surface area contributed by atoms with Crippen LogP contribution in [0.2, 0.25) is 0 Å². The third-order valence-corrected chi connectivity index (χ3v) is 3.97. The lowest BCUT2D eigenvalue weighted by atomic mass is 10.4. The first-order chi connectivity index (χ1) is 7.03. The van der Waals surface area contributed by atoms with Crippen LogP contribution in [0, 0.1) is 6.92 Å². The molecule has 1 rings (SSSR count). The van der Waals surface area contributed by atoms with Crippen LogP contribution in [0.25, 0.3) is 0 Å². The van der Waals surface area contributed by atoms with Crippen molar-refractivity contribution in [1.82, 2.24) is 4.98 Å². The van der Waals surface area contributed by atoms with E-state index in [2.05, 4.69) is 9.71 Å². The normalized spacial score (nSPS) is 11.6. The quantitative estimate of drug-likeness (QED) is 0.737. The van der Waals surface area contributed by atoms with Gasteiger partial charge in [0.2, 0.25) is 10.0 Å². The number of nitrogens with zero attached hydrogens (tertiary/aromatic N) is 1. The van der Waals surface area contributed by atoms with Crippen molar-refractivity contribution < 1.29 is 13.5 Å². The molecule has 15 heavy (non-hydrogen) atoms. The van der Waals surface area contributed by atoms with Gasteiger partial charge in [-0.25, -0.2) is 13.4 Å². The number of thiazole rings is 1. The fourth-order valence-corrected chi connectivity index (χ4v) is 3.06. The van der Waals surface area contributed by atoms with Crippen molar-refractivity contribution in [3.8, 4) is 0 Å². The standard InChI is InChI=1S/C8H14N2O3S2/c1-7-6-9-8(14-7)10-15(12,13)5-3-2-4-11/h6,11H,2-5H2,1H3,(H,9,10). The molecule has 0 fully saturated rings. The highest BCUT2D eigenvalue weighted by atomic mass is 32.2. The second-order valence-corrected chi connectivity index (χ2v) is 6.20. The molecule has 0 spiro atoms. The lowest BCUT2D eigenvalue weighted by molar-refractivity contribution is 0.287. The van der Waals surface area contributed by atoms with Gasteiger partial charge in [-0.2, -0.15) is 0 Å². The van der Waals surface area contributed by atoms with Crippen LogP contribution in [0.5, 0.6) is 0 Å². The zero-order valence-corrected chi connectivity index (χ0v) is 10.1. The summed E-state index contributed by atoms with van der Waals surface area (Å²) in [6, 6.07) is 0. The number of anilines is 1. The highest BCUT2D eigenvalue weighted by molar-refractivity contribution is 7.92. The lowest BCUT2D eigenvalue weighted by Crippen LogP contribution is -2.16. The van der Waals surface area contributed by atoms with Crippen molar-refractivity contribution in [1.29, 1.82) is 0 Å². The minimum Gasteiger partial charge on any atom is -0.396 e. The molecule has 0 aliphatic heterocycles. The van der Waals surface area contributed by atoms with E-state index in [4.69, 9.17) is 5.11 Å². The first kappa shape index (κ1) is 12.4. The maximum Gasteiger partial charge on any atom is 0.234 e. The Kier molecular flexibility index (Phi) is 4.49. The van der Waals surface area contributed by atoms with Gasteiger partial charge in [0.05, 0.1) is 5.75 Å². The molecule has 0 unspecified atom stereocenters. The smallest absolute Gasteiger partial charge is 0.234 e. The van der Waals surface area contributed by atoms with Crippen LogP contribution in [0.3, 0.4) is 0 Å². The van der Waals surface area contributed by atoms with Gasteiger partial charge in [-0.05, 0) is 19.8 Å². The van der Waals surface area contributed by atoms with Crippen LogP contribution in [-0.4, -0.2) is 30.9 Å². The number of sulfonamides is 1. The van der Waals surface area contributed by atoms with E-state index in [0.717, 1.165) is 4.88 Å². The van der Waals surface area contributed by atoms with Gasteiger partial charge in [0, 0.05) is 17.7 Å². The zero-order chi connectivity index (χ0) is 11.3. The number of nitrogens with one attached hydrogen (secondary N) is 1. The number of hydrogen-bond acceptors (Lipinski definition) is 5.